The van der Waals surface area contributed by atoms with E-state index in [1.165, 1.54) is 7.11 Å². The topological polar surface area (TPSA) is 129 Å². The molecule has 1 aromatic rings. The molecular formula is C17H25N3O6S. The molecule has 9 nitrogen and oxygen atoms in total. The van der Waals surface area contributed by atoms with Crippen molar-refractivity contribution in [2.24, 2.45) is 5.73 Å². The van der Waals surface area contributed by atoms with Crippen LogP contribution in [0, 0.1) is 6.92 Å². The van der Waals surface area contributed by atoms with Crippen LogP contribution < -0.4 is 16.4 Å². The molecule has 4 N–H and O–H groups in total. The Morgan fingerprint density at radius 3 is 2.74 bits per heavy atom. The minimum atomic E-state index is -0.666. The highest BCUT2D eigenvalue weighted by Crippen LogP contribution is 2.33. The molecule has 0 aromatic carbocycles. The molecule has 10 heteroatoms. The van der Waals surface area contributed by atoms with E-state index < -0.39 is 11.9 Å². The molecule has 0 radical (unpaired) electrons. The number of hydrogen-bond donors (Lipinski definition) is 3. The second kappa shape index (κ2) is 10.4. The molecular weight excluding hydrogens is 374 g/mol. The maximum atomic E-state index is 12.4. The van der Waals surface area contributed by atoms with Crippen molar-refractivity contribution in [1.29, 1.82) is 0 Å². The first-order valence-corrected chi connectivity index (χ1v) is 9.47. The molecule has 1 atom stereocenters. The molecule has 1 aliphatic rings. The quantitative estimate of drug-likeness (QED) is 0.389. The number of rotatable bonds is 10. The van der Waals surface area contributed by atoms with Crippen molar-refractivity contribution in [2.75, 3.05) is 45.3 Å². The van der Waals surface area contributed by atoms with Gasteiger partial charge < -0.3 is 30.6 Å². The van der Waals surface area contributed by atoms with Crippen molar-refractivity contribution in [3.8, 4) is 0 Å². The number of primary amides is 1. The fraction of sp³-hybridized carbons (Fsp3) is 0.588. The Morgan fingerprint density at radius 2 is 2.11 bits per heavy atom. The number of nitrogens with one attached hydrogen (secondary N) is 2. The van der Waals surface area contributed by atoms with Crippen LogP contribution in [0.4, 0.5) is 5.00 Å². The van der Waals surface area contributed by atoms with Gasteiger partial charge in [0.1, 0.15) is 11.6 Å². The predicted octanol–water partition coefficient (Wildman–Crippen LogP) is 0.666. The van der Waals surface area contributed by atoms with Crippen LogP contribution in [0.15, 0.2) is 0 Å². The van der Waals surface area contributed by atoms with Crippen molar-refractivity contribution < 1.29 is 28.6 Å². The van der Waals surface area contributed by atoms with Crippen LogP contribution in [-0.2, 0) is 19.0 Å². The second-order valence-electron chi connectivity index (χ2n) is 6.07. The summed E-state index contributed by atoms with van der Waals surface area (Å²) >= 11 is 0.958. The van der Waals surface area contributed by atoms with E-state index in [0.29, 0.717) is 12.1 Å². The fourth-order valence-electron chi connectivity index (χ4n) is 2.70. The molecule has 0 bridgehead atoms. The molecule has 0 spiro atoms. The molecule has 0 aliphatic carbocycles. The Labute approximate surface area is 161 Å². The van der Waals surface area contributed by atoms with Crippen LogP contribution in [0.25, 0.3) is 0 Å². The highest BCUT2D eigenvalue weighted by molar-refractivity contribution is 7.18. The summed E-state index contributed by atoms with van der Waals surface area (Å²) < 4.78 is 15.4. The van der Waals surface area contributed by atoms with Gasteiger partial charge in [-0.3, -0.25) is 9.59 Å². The maximum absolute atomic E-state index is 12.4. The van der Waals surface area contributed by atoms with E-state index in [2.05, 4.69) is 10.6 Å². The number of carbonyl (C=O) groups excluding carboxylic acids is 3. The highest BCUT2D eigenvalue weighted by atomic mass is 32.1. The van der Waals surface area contributed by atoms with Gasteiger partial charge in [-0.1, -0.05) is 0 Å². The van der Waals surface area contributed by atoms with E-state index in [-0.39, 0.29) is 47.2 Å². The molecule has 27 heavy (non-hydrogen) atoms. The average molecular weight is 399 g/mol. The molecule has 1 aromatic heterocycles. The zero-order chi connectivity index (χ0) is 19.8. The molecule has 1 aliphatic heterocycles. The average Bonchev–Trinajstić information content (AvgIpc) is 3.23. The second-order valence-corrected chi connectivity index (χ2v) is 7.09. The summed E-state index contributed by atoms with van der Waals surface area (Å²) in [5.74, 6) is -1.65. The first-order valence-electron chi connectivity index (χ1n) is 8.65. The molecule has 2 rings (SSSR count). The first-order chi connectivity index (χ1) is 12.9. The highest BCUT2D eigenvalue weighted by Gasteiger charge is 2.26. The monoisotopic (exact) mass is 399 g/mol. The summed E-state index contributed by atoms with van der Waals surface area (Å²) in [6, 6.07) is 0. The maximum Gasteiger partial charge on any atom is 0.341 e. The van der Waals surface area contributed by atoms with Gasteiger partial charge in [0.15, 0.2) is 0 Å². The predicted molar refractivity (Wildman–Crippen MR) is 100 cm³/mol. The lowest BCUT2D eigenvalue weighted by atomic mass is 10.1. The van der Waals surface area contributed by atoms with Gasteiger partial charge in [-0.25, -0.2) is 4.79 Å². The van der Waals surface area contributed by atoms with Gasteiger partial charge in [-0.2, -0.15) is 0 Å². The standard InChI is InChI=1S/C17H25N3O6S/c1-10-13(17(23)26-7-6-24-2)16(27-14(10)15(18)22)20-12(21)9-19-8-11-4-3-5-25-11/h11,19H,3-9H2,1-2H3,(H2,18,22)(H,20,21). The van der Waals surface area contributed by atoms with Crippen molar-refractivity contribution in [3.05, 3.63) is 16.0 Å². The van der Waals surface area contributed by atoms with E-state index in [0.717, 1.165) is 30.8 Å². The number of nitrogens with two attached hydrogens (primary N) is 1. The van der Waals surface area contributed by atoms with Crippen LogP contribution in [0.2, 0.25) is 0 Å². The fourth-order valence-corrected chi connectivity index (χ4v) is 3.76. The van der Waals surface area contributed by atoms with E-state index in [9.17, 15) is 14.4 Å². The number of carbonyl (C=O) groups is 3. The molecule has 1 saturated heterocycles. The Balaban J connectivity index is 2.02. The third-order valence-electron chi connectivity index (χ3n) is 4.03. The van der Waals surface area contributed by atoms with Gasteiger partial charge in [0.25, 0.3) is 5.91 Å². The molecule has 2 amide bonds. The minimum Gasteiger partial charge on any atom is -0.460 e. The lowest BCUT2D eigenvalue weighted by molar-refractivity contribution is -0.115. The molecule has 1 unspecified atom stereocenters. The van der Waals surface area contributed by atoms with Crippen molar-refractivity contribution >= 4 is 34.1 Å². The normalized spacial score (nSPS) is 16.3. The van der Waals surface area contributed by atoms with E-state index in [1.54, 1.807) is 6.92 Å². The Bertz CT molecular complexity index is 684. The largest absolute Gasteiger partial charge is 0.460 e. The van der Waals surface area contributed by atoms with Crippen LogP contribution >= 0.6 is 11.3 Å². The summed E-state index contributed by atoms with van der Waals surface area (Å²) in [7, 11) is 1.49. The van der Waals surface area contributed by atoms with Crippen LogP contribution in [0.5, 0.6) is 0 Å². The van der Waals surface area contributed by atoms with Gasteiger partial charge in [0.2, 0.25) is 5.91 Å². The third kappa shape index (κ3) is 5.99. The lowest BCUT2D eigenvalue weighted by Crippen LogP contribution is -2.33. The number of amides is 2. The zero-order valence-corrected chi connectivity index (χ0v) is 16.3. The number of hydrogen-bond acceptors (Lipinski definition) is 8. The number of methoxy groups -OCH3 is 1. The Hall–Kier alpha value is -2.01. The van der Waals surface area contributed by atoms with E-state index in [1.807, 2.05) is 0 Å². The van der Waals surface area contributed by atoms with Gasteiger partial charge >= 0.3 is 5.97 Å². The SMILES string of the molecule is COCCOC(=O)c1c(NC(=O)CNCC2CCCO2)sc(C(N)=O)c1C. The van der Waals surface area contributed by atoms with E-state index in [4.69, 9.17) is 19.9 Å². The third-order valence-corrected chi connectivity index (χ3v) is 5.25. The first kappa shape index (κ1) is 21.3. The van der Waals surface area contributed by atoms with Crippen LogP contribution in [-0.4, -0.2) is 63.9 Å². The van der Waals surface area contributed by atoms with Gasteiger partial charge in [-0.15, -0.1) is 11.3 Å². The Morgan fingerprint density at radius 1 is 1.33 bits per heavy atom. The van der Waals surface area contributed by atoms with Crippen molar-refractivity contribution in [1.82, 2.24) is 5.32 Å². The lowest BCUT2D eigenvalue weighted by Gasteiger charge is -2.11. The Kier molecular flexibility index (Phi) is 8.17. The number of ether oxygens (including phenoxy) is 3. The summed E-state index contributed by atoms with van der Waals surface area (Å²) in [6.07, 6.45) is 2.12. The number of esters is 1. The van der Waals surface area contributed by atoms with Gasteiger partial charge in [0.05, 0.1) is 29.7 Å². The minimum absolute atomic E-state index is 0.0564. The molecule has 1 fully saturated rings. The van der Waals surface area contributed by atoms with Gasteiger partial charge in [-0.05, 0) is 25.3 Å². The van der Waals surface area contributed by atoms with Crippen LogP contribution in [0.3, 0.4) is 0 Å². The molecule has 150 valence electrons. The van der Waals surface area contributed by atoms with Crippen molar-refractivity contribution in [2.45, 2.75) is 25.9 Å². The molecule has 0 saturated carbocycles. The zero-order valence-electron chi connectivity index (χ0n) is 15.5. The van der Waals surface area contributed by atoms with Crippen molar-refractivity contribution in [3.63, 3.8) is 0 Å². The van der Waals surface area contributed by atoms with Gasteiger partial charge in [0, 0.05) is 20.3 Å². The summed E-state index contributed by atoms with van der Waals surface area (Å²) in [6.45, 7) is 3.28. The van der Waals surface area contributed by atoms with E-state index >= 15 is 0 Å². The van der Waals surface area contributed by atoms with Crippen LogP contribution in [0.1, 0.15) is 38.4 Å². The summed E-state index contributed by atoms with van der Waals surface area (Å²) in [5, 5.41) is 5.93. The number of anilines is 1. The smallest absolute Gasteiger partial charge is 0.341 e. The molecule has 2 heterocycles. The summed E-state index contributed by atoms with van der Waals surface area (Å²) in [5.41, 5.74) is 5.88. The summed E-state index contributed by atoms with van der Waals surface area (Å²) in [4.78, 5) is 36.4. The number of thiophene rings is 1.